The van der Waals surface area contributed by atoms with Crippen LogP contribution in [0.5, 0.6) is 0 Å². The largest absolute Gasteiger partial charge is 0.393 e. The van der Waals surface area contributed by atoms with Gasteiger partial charge in [-0.1, -0.05) is 20.8 Å². The smallest absolute Gasteiger partial charge is 0.0928 e. The molecule has 0 fully saturated rings. The van der Waals surface area contributed by atoms with Crippen molar-refractivity contribution in [2.45, 2.75) is 32.8 Å². The van der Waals surface area contributed by atoms with Gasteiger partial charge in [0.25, 0.3) is 0 Å². The number of hydrogen-bond acceptors (Lipinski definition) is 2. The number of hydrogen-bond donors (Lipinski definition) is 1. The predicted octanol–water partition coefficient (Wildman–Crippen LogP) is 1.43. The molecular formula is C8H18O2. The SMILES string of the molecule is CCC(CO)(OC)C(C)C. The van der Waals surface area contributed by atoms with Crippen molar-refractivity contribution in [3.05, 3.63) is 0 Å². The van der Waals surface area contributed by atoms with Gasteiger partial charge < -0.3 is 9.84 Å². The molecule has 0 amide bonds. The molecule has 0 rings (SSSR count). The zero-order chi connectivity index (χ0) is 8.20. The Morgan fingerprint density at radius 2 is 2.00 bits per heavy atom. The van der Waals surface area contributed by atoms with Crippen molar-refractivity contribution < 1.29 is 9.84 Å². The van der Waals surface area contributed by atoms with Crippen LogP contribution in [0.25, 0.3) is 0 Å². The van der Waals surface area contributed by atoms with Crippen LogP contribution in [-0.4, -0.2) is 24.4 Å². The van der Waals surface area contributed by atoms with Crippen LogP contribution in [0.4, 0.5) is 0 Å². The second-order valence-corrected chi connectivity index (χ2v) is 2.94. The van der Waals surface area contributed by atoms with Crippen molar-refractivity contribution >= 4 is 0 Å². The molecule has 0 aromatic rings. The van der Waals surface area contributed by atoms with Gasteiger partial charge >= 0.3 is 0 Å². The van der Waals surface area contributed by atoms with Gasteiger partial charge in [-0.3, -0.25) is 0 Å². The van der Waals surface area contributed by atoms with Gasteiger partial charge in [0, 0.05) is 7.11 Å². The third-order valence-corrected chi connectivity index (χ3v) is 2.32. The Morgan fingerprint density at radius 3 is 2.00 bits per heavy atom. The fourth-order valence-corrected chi connectivity index (χ4v) is 1.15. The summed E-state index contributed by atoms with van der Waals surface area (Å²) in [6, 6.07) is 0. The Bertz CT molecular complexity index is 77.0. The zero-order valence-electron chi connectivity index (χ0n) is 7.35. The lowest BCUT2D eigenvalue weighted by Gasteiger charge is -2.33. The van der Waals surface area contributed by atoms with E-state index in [0.717, 1.165) is 6.42 Å². The van der Waals surface area contributed by atoms with Crippen molar-refractivity contribution in [3.8, 4) is 0 Å². The normalized spacial score (nSPS) is 17.4. The standard InChI is InChI=1S/C8H18O2/c1-5-8(6-9,10-4)7(2)3/h7,9H,5-6H2,1-4H3. The summed E-state index contributed by atoms with van der Waals surface area (Å²) in [4.78, 5) is 0. The molecule has 0 aliphatic carbocycles. The first-order chi connectivity index (χ1) is 4.63. The first-order valence-electron chi connectivity index (χ1n) is 3.79. The minimum atomic E-state index is -0.319. The van der Waals surface area contributed by atoms with Crippen LogP contribution >= 0.6 is 0 Å². The fourth-order valence-electron chi connectivity index (χ4n) is 1.15. The zero-order valence-corrected chi connectivity index (χ0v) is 7.35. The Labute approximate surface area is 63.2 Å². The Morgan fingerprint density at radius 1 is 1.50 bits per heavy atom. The molecule has 0 aromatic carbocycles. The lowest BCUT2D eigenvalue weighted by atomic mass is 9.88. The first kappa shape index (κ1) is 9.92. The summed E-state index contributed by atoms with van der Waals surface area (Å²) in [6.45, 7) is 6.25. The lowest BCUT2D eigenvalue weighted by molar-refractivity contribution is -0.0864. The van der Waals surface area contributed by atoms with E-state index in [-0.39, 0.29) is 12.2 Å². The summed E-state index contributed by atoms with van der Waals surface area (Å²) in [5.74, 6) is 0.368. The van der Waals surface area contributed by atoms with E-state index >= 15 is 0 Å². The Hall–Kier alpha value is -0.0800. The quantitative estimate of drug-likeness (QED) is 0.650. The van der Waals surface area contributed by atoms with Crippen molar-refractivity contribution in [1.82, 2.24) is 0 Å². The van der Waals surface area contributed by atoms with E-state index in [1.54, 1.807) is 7.11 Å². The summed E-state index contributed by atoms with van der Waals surface area (Å²) < 4.78 is 5.25. The monoisotopic (exact) mass is 146 g/mol. The summed E-state index contributed by atoms with van der Waals surface area (Å²) in [5, 5.41) is 9.02. The molecule has 62 valence electrons. The topological polar surface area (TPSA) is 29.5 Å². The Balaban J connectivity index is 4.15. The van der Waals surface area contributed by atoms with E-state index in [1.165, 1.54) is 0 Å². The molecule has 0 spiro atoms. The third-order valence-electron chi connectivity index (χ3n) is 2.32. The van der Waals surface area contributed by atoms with E-state index < -0.39 is 0 Å². The van der Waals surface area contributed by atoms with E-state index in [0.29, 0.717) is 5.92 Å². The van der Waals surface area contributed by atoms with Crippen molar-refractivity contribution in [3.63, 3.8) is 0 Å². The van der Waals surface area contributed by atoms with Crippen LogP contribution in [0, 0.1) is 5.92 Å². The van der Waals surface area contributed by atoms with Gasteiger partial charge in [0.15, 0.2) is 0 Å². The minimum absolute atomic E-state index is 0.109. The molecule has 1 atom stereocenters. The molecule has 0 heterocycles. The molecule has 0 aliphatic heterocycles. The summed E-state index contributed by atoms with van der Waals surface area (Å²) in [7, 11) is 1.65. The average Bonchev–Trinajstić information content (AvgIpc) is 1.92. The van der Waals surface area contributed by atoms with E-state index in [2.05, 4.69) is 13.8 Å². The van der Waals surface area contributed by atoms with Gasteiger partial charge in [-0.25, -0.2) is 0 Å². The number of ether oxygens (including phenoxy) is 1. The van der Waals surface area contributed by atoms with Crippen LogP contribution in [0.1, 0.15) is 27.2 Å². The van der Waals surface area contributed by atoms with Gasteiger partial charge in [-0.05, 0) is 12.3 Å². The van der Waals surface area contributed by atoms with Crippen molar-refractivity contribution in [2.75, 3.05) is 13.7 Å². The molecule has 0 aliphatic rings. The first-order valence-corrected chi connectivity index (χ1v) is 3.79. The van der Waals surface area contributed by atoms with Gasteiger partial charge in [-0.2, -0.15) is 0 Å². The highest BCUT2D eigenvalue weighted by Crippen LogP contribution is 2.23. The van der Waals surface area contributed by atoms with Gasteiger partial charge in [-0.15, -0.1) is 0 Å². The highest BCUT2D eigenvalue weighted by Gasteiger charge is 2.30. The second kappa shape index (κ2) is 3.94. The van der Waals surface area contributed by atoms with Gasteiger partial charge in [0.1, 0.15) is 0 Å². The van der Waals surface area contributed by atoms with Gasteiger partial charge in [0.2, 0.25) is 0 Å². The predicted molar refractivity (Wildman–Crippen MR) is 42.0 cm³/mol. The van der Waals surface area contributed by atoms with Crippen LogP contribution in [0.15, 0.2) is 0 Å². The van der Waals surface area contributed by atoms with E-state index in [1.807, 2.05) is 6.92 Å². The molecule has 0 bridgehead atoms. The molecule has 2 nitrogen and oxygen atoms in total. The summed E-state index contributed by atoms with van der Waals surface area (Å²) >= 11 is 0. The van der Waals surface area contributed by atoms with Crippen LogP contribution in [0.3, 0.4) is 0 Å². The van der Waals surface area contributed by atoms with Gasteiger partial charge in [0.05, 0.1) is 12.2 Å². The minimum Gasteiger partial charge on any atom is -0.393 e. The molecule has 0 saturated carbocycles. The highest BCUT2D eigenvalue weighted by atomic mass is 16.5. The van der Waals surface area contributed by atoms with E-state index in [9.17, 15) is 0 Å². The maximum atomic E-state index is 9.02. The van der Waals surface area contributed by atoms with Crippen LogP contribution in [0.2, 0.25) is 0 Å². The third kappa shape index (κ3) is 1.70. The summed E-state index contributed by atoms with van der Waals surface area (Å²) in [5.41, 5.74) is -0.319. The molecule has 10 heavy (non-hydrogen) atoms. The maximum Gasteiger partial charge on any atom is 0.0928 e. The van der Waals surface area contributed by atoms with Crippen molar-refractivity contribution in [1.29, 1.82) is 0 Å². The van der Waals surface area contributed by atoms with Crippen molar-refractivity contribution in [2.24, 2.45) is 5.92 Å². The average molecular weight is 146 g/mol. The lowest BCUT2D eigenvalue weighted by Crippen LogP contribution is -2.40. The highest BCUT2D eigenvalue weighted by molar-refractivity contribution is 4.81. The molecule has 1 N–H and O–H groups in total. The molecular weight excluding hydrogens is 128 g/mol. The maximum absolute atomic E-state index is 9.02. The molecule has 1 unspecified atom stereocenters. The molecule has 0 saturated heterocycles. The molecule has 0 radical (unpaired) electrons. The Kier molecular flexibility index (Phi) is 3.91. The molecule has 2 heteroatoms. The van der Waals surface area contributed by atoms with Crippen LogP contribution < -0.4 is 0 Å². The number of aliphatic hydroxyl groups excluding tert-OH is 1. The summed E-state index contributed by atoms with van der Waals surface area (Å²) in [6.07, 6.45) is 0.859. The number of methoxy groups -OCH3 is 1. The van der Waals surface area contributed by atoms with Crippen LogP contribution in [-0.2, 0) is 4.74 Å². The number of aliphatic hydroxyl groups is 1. The fraction of sp³-hybridized carbons (Fsp3) is 1.00. The molecule has 0 aromatic heterocycles. The number of rotatable bonds is 4. The van der Waals surface area contributed by atoms with E-state index in [4.69, 9.17) is 9.84 Å². The second-order valence-electron chi connectivity index (χ2n) is 2.94.